The minimum absolute atomic E-state index is 0.185. The first-order valence-corrected chi connectivity index (χ1v) is 6.98. The van der Waals surface area contributed by atoms with Gasteiger partial charge in [0, 0.05) is 11.3 Å². The van der Waals surface area contributed by atoms with Crippen molar-refractivity contribution in [1.82, 2.24) is 0 Å². The molecule has 3 N–H and O–H groups in total. The lowest BCUT2D eigenvalue weighted by Crippen LogP contribution is -2.15. The van der Waals surface area contributed by atoms with Crippen molar-refractivity contribution < 1.29 is 5.21 Å². The molecule has 0 aliphatic carbocycles. The van der Waals surface area contributed by atoms with Crippen LogP contribution in [0.3, 0.4) is 0 Å². The molecule has 17 heavy (non-hydrogen) atoms. The van der Waals surface area contributed by atoms with Gasteiger partial charge in [0.05, 0.1) is 0 Å². The number of oxime groups is 1. The van der Waals surface area contributed by atoms with Crippen molar-refractivity contribution in [2.45, 2.75) is 26.0 Å². The van der Waals surface area contributed by atoms with Crippen molar-refractivity contribution in [2.24, 2.45) is 16.8 Å². The number of nitrogens with zero attached hydrogens (tertiary/aromatic N) is 1. The van der Waals surface area contributed by atoms with Gasteiger partial charge in [0.25, 0.3) is 0 Å². The van der Waals surface area contributed by atoms with Crippen LogP contribution in [-0.4, -0.2) is 16.8 Å². The van der Waals surface area contributed by atoms with E-state index in [-0.39, 0.29) is 5.84 Å². The van der Waals surface area contributed by atoms with Crippen molar-refractivity contribution in [3.05, 3.63) is 35.4 Å². The smallest absolute Gasteiger partial charge is 0.170 e. The number of hydrogen-bond acceptors (Lipinski definition) is 3. The quantitative estimate of drug-likeness (QED) is 0.354. The number of hydrogen-bond donors (Lipinski definition) is 2. The Morgan fingerprint density at radius 1 is 1.47 bits per heavy atom. The average molecular weight is 252 g/mol. The van der Waals surface area contributed by atoms with Gasteiger partial charge in [-0.2, -0.15) is 11.8 Å². The predicted octanol–water partition coefficient (Wildman–Crippen LogP) is 3.06. The van der Waals surface area contributed by atoms with Crippen LogP contribution >= 0.6 is 11.8 Å². The third-order valence-corrected chi connectivity index (χ3v) is 4.08. The molecular weight excluding hydrogens is 232 g/mol. The van der Waals surface area contributed by atoms with E-state index >= 15 is 0 Å². The molecule has 1 rings (SSSR count). The fourth-order valence-corrected chi connectivity index (χ4v) is 2.67. The SMILES string of the molecule is CCC(C)CSCc1ccccc1/C(N)=N/O. The van der Waals surface area contributed by atoms with Gasteiger partial charge in [-0.25, -0.2) is 0 Å². The van der Waals surface area contributed by atoms with E-state index in [1.165, 1.54) is 6.42 Å². The van der Waals surface area contributed by atoms with E-state index in [9.17, 15) is 0 Å². The van der Waals surface area contributed by atoms with Gasteiger partial charge in [-0.05, 0) is 17.2 Å². The average Bonchev–Trinajstić information content (AvgIpc) is 2.38. The van der Waals surface area contributed by atoms with E-state index in [1.54, 1.807) is 0 Å². The zero-order chi connectivity index (χ0) is 12.7. The molecule has 0 aromatic heterocycles. The summed E-state index contributed by atoms with van der Waals surface area (Å²) in [5.74, 6) is 2.96. The van der Waals surface area contributed by atoms with Crippen LogP contribution in [-0.2, 0) is 5.75 Å². The molecule has 1 unspecified atom stereocenters. The zero-order valence-corrected chi connectivity index (χ0v) is 11.2. The number of nitrogens with two attached hydrogens (primary N) is 1. The first kappa shape index (κ1) is 13.9. The van der Waals surface area contributed by atoms with Crippen molar-refractivity contribution in [3.8, 4) is 0 Å². The predicted molar refractivity (Wildman–Crippen MR) is 74.6 cm³/mol. The second kappa shape index (κ2) is 7.22. The molecule has 0 saturated heterocycles. The highest BCUT2D eigenvalue weighted by molar-refractivity contribution is 7.98. The second-order valence-corrected chi connectivity index (χ2v) is 5.20. The number of thioether (sulfide) groups is 1. The van der Waals surface area contributed by atoms with Crippen LogP contribution in [0, 0.1) is 5.92 Å². The van der Waals surface area contributed by atoms with Gasteiger partial charge in [0.1, 0.15) is 0 Å². The molecule has 0 fully saturated rings. The zero-order valence-electron chi connectivity index (χ0n) is 10.4. The highest BCUT2D eigenvalue weighted by Crippen LogP contribution is 2.19. The van der Waals surface area contributed by atoms with E-state index in [2.05, 4.69) is 19.0 Å². The summed E-state index contributed by atoms with van der Waals surface area (Å²) in [5.41, 5.74) is 7.59. The maximum atomic E-state index is 8.72. The van der Waals surface area contributed by atoms with Gasteiger partial charge >= 0.3 is 0 Å². The van der Waals surface area contributed by atoms with E-state index in [1.807, 2.05) is 36.0 Å². The summed E-state index contributed by atoms with van der Waals surface area (Å²) in [7, 11) is 0. The molecule has 0 spiro atoms. The van der Waals surface area contributed by atoms with Crippen LogP contribution in [0.4, 0.5) is 0 Å². The van der Waals surface area contributed by atoms with Crippen LogP contribution in [0.1, 0.15) is 31.4 Å². The summed E-state index contributed by atoms with van der Waals surface area (Å²) in [6.45, 7) is 4.46. The molecule has 1 aromatic carbocycles. The van der Waals surface area contributed by atoms with Gasteiger partial charge < -0.3 is 10.9 Å². The summed E-state index contributed by atoms with van der Waals surface area (Å²) in [5, 5.41) is 11.8. The van der Waals surface area contributed by atoms with Crippen molar-refractivity contribution in [2.75, 3.05) is 5.75 Å². The standard InChI is InChI=1S/C13H20N2OS/c1-3-10(2)8-17-9-11-6-4-5-7-12(11)13(14)15-16/h4-7,10,16H,3,8-9H2,1-2H3,(H2,14,15). The number of rotatable bonds is 6. The Labute approximate surface area is 107 Å². The molecule has 4 heteroatoms. The van der Waals surface area contributed by atoms with E-state index < -0.39 is 0 Å². The van der Waals surface area contributed by atoms with E-state index in [0.717, 1.165) is 28.6 Å². The molecular formula is C13H20N2OS. The summed E-state index contributed by atoms with van der Waals surface area (Å²) < 4.78 is 0. The Bertz CT molecular complexity index is 379. The topological polar surface area (TPSA) is 58.6 Å². The van der Waals surface area contributed by atoms with E-state index in [4.69, 9.17) is 10.9 Å². The Balaban J connectivity index is 2.64. The third-order valence-electron chi connectivity index (χ3n) is 2.76. The van der Waals surface area contributed by atoms with Gasteiger partial charge in [-0.1, -0.05) is 49.7 Å². The molecule has 0 heterocycles. The lowest BCUT2D eigenvalue weighted by atomic mass is 10.1. The molecule has 0 saturated carbocycles. The molecule has 1 atom stereocenters. The normalized spacial score (nSPS) is 13.6. The fraction of sp³-hybridized carbons (Fsp3) is 0.462. The summed E-state index contributed by atoms with van der Waals surface area (Å²) >= 11 is 1.89. The molecule has 94 valence electrons. The number of benzene rings is 1. The Kier molecular flexibility index (Phi) is 5.91. The van der Waals surface area contributed by atoms with Crippen LogP contribution in [0.15, 0.2) is 29.4 Å². The second-order valence-electron chi connectivity index (χ2n) is 4.17. The van der Waals surface area contributed by atoms with Gasteiger partial charge in [-0.3, -0.25) is 0 Å². The first-order chi connectivity index (χ1) is 8.19. The Morgan fingerprint density at radius 2 is 2.18 bits per heavy atom. The van der Waals surface area contributed by atoms with E-state index in [0.29, 0.717) is 0 Å². The molecule has 0 aliphatic rings. The highest BCUT2D eigenvalue weighted by Gasteiger charge is 2.07. The lowest BCUT2D eigenvalue weighted by Gasteiger charge is -2.10. The van der Waals surface area contributed by atoms with Crippen LogP contribution in [0.25, 0.3) is 0 Å². The van der Waals surface area contributed by atoms with Crippen molar-refractivity contribution in [1.29, 1.82) is 0 Å². The Morgan fingerprint density at radius 3 is 2.82 bits per heavy atom. The van der Waals surface area contributed by atoms with Crippen LogP contribution in [0.5, 0.6) is 0 Å². The van der Waals surface area contributed by atoms with Gasteiger partial charge in [-0.15, -0.1) is 0 Å². The van der Waals surface area contributed by atoms with Gasteiger partial charge in [0.15, 0.2) is 5.84 Å². The molecule has 0 bridgehead atoms. The molecule has 0 aliphatic heterocycles. The maximum Gasteiger partial charge on any atom is 0.170 e. The largest absolute Gasteiger partial charge is 0.409 e. The fourth-order valence-electron chi connectivity index (χ4n) is 1.44. The van der Waals surface area contributed by atoms with Crippen LogP contribution < -0.4 is 5.73 Å². The van der Waals surface area contributed by atoms with Gasteiger partial charge in [0.2, 0.25) is 0 Å². The minimum Gasteiger partial charge on any atom is -0.409 e. The molecule has 1 aromatic rings. The van der Waals surface area contributed by atoms with Crippen molar-refractivity contribution in [3.63, 3.8) is 0 Å². The maximum absolute atomic E-state index is 8.72. The highest BCUT2D eigenvalue weighted by atomic mass is 32.2. The molecule has 0 amide bonds. The monoisotopic (exact) mass is 252 g/mol. The van der Waals surface area contributed by atoms with Crippen LogP contribution in [0.2, 0.25) is 0 Å². The number of amidine groups is 1. The first-order valence-electron chi connectivity index (χ1n) is 5.82. The molecule has 0 radical (unpaired) electrons. The summed E-state index contributed by atoms with van der Waals surface area (Å²) in [4.78, 5) is 0. The molecule has 3 nitrogen and oxygen atoms in total. The summed E-state index contributed by atoms with van der Waals surface area (Å²) in [6, 6.07) is 7.79. The third kappa shape index (κ3) is 4.30. The summed E-state index contributed by atoms with van der Waals surface area (Å²) in [6.07, 6.45) is 1.20. The van der Waals surface area contributed by atoms with Crippen molar-refractivity contribution >= 4 is 17.6 Å². The minimum atomic E-state index is 0.185. The Hall–Kier alpha value is -1.16. The lowest BCUT2D eigenvalue weighted by molar-refractivity contribution is 0.318.